The molecule has 4 aromatic rings. The Morgan fingerprint density at radius 2 is 1.80 bits per heavy atom. The number of nitrogens with one attached hydrogen (secondary N) is 2. The van der Waals surface area contributed by atoms with Crippen molar-refractivity contribution in [1.29, 1.82) is 5.26 Å². The molecule has 1 aliphatic heterocycles. The number of carbonyl (C=O) groups is 1. The molecule has 40 heavy (non-hydrogen) atoms. The van der Waals surface area contributed by atoms with E-state index in [1.54, 1.807) is 6.20 Å². The van der Waals surface area contributed by atoms with E-state index < -0.39 is 24.1 Å². The van der Waals surface area contributed by atoms with Gasteiger partial charge in [-0.3, -0.25) is 4.79 Å². The molecule has 0 aliphatic carbocycles. The molecule has 1 amide bonds. The first-order chi connectivity index (χ1) is 19.3. The van der Waals surface area contributed by atoms with Gasteiger partial charge in [-0.25, -0.2) is 0 Å². The molecule has 1 aliphatic rings. The number of ether oxygens (including phenoxy) is 2. The zero-order valence-corrected chi connectivity index (χ0v) is 21.5. The van der Waals surface area contributed by atoms with Crippen molar-refractivity contribution in [3.05, 3.63) is 84.1 Å². The van der Waals surface area contributed by atoms with Crippen LogP contribution in [0.25, 0.3) is 22.0 Å². The number of rotatable bonds is 8. The van der Waals surface area contributed by atoms with Crippen LogP contribution >= 0.6 is 0 Å². The lowest BCUT2D eigenvalue weighted by atomic mass is 10.00. The summed E-state index contributed by atoms with van der Waals surface area (Å²) in [5, 5.41) is 13.1. The summed E-state index contributed by atoms with van der Waals surface area (Å²) in [6.45, 7) is 2.84. The average molecular weight is 549 g/mol. The van der Waals surface area contributed by atoms with Crippen LogP contribution in [0.5, 0.6) is 5.75 Å². The first kappa shape index (κ1) is 27.1. The van der Waals surface area contributed by atoms with Gasteiger partial charge in [-0.2, -0.15) is 5.26 Å². The zero-order valence-electron chi connectivity index (χ0n) is 21.5. The van der Waals surface area contributed by atoms with Crippen LogP contribution in [-0.4, -0.2) is 49.6 Å². The zero-order chi connectivity index (χ0) is 28.1. The van der Waals surface area contributed by atoms with Crippen molar-refractivity contribution in [2.45, 2.75) is 25.2 Å². The topological polar surface area (TPSA) is 90.4 Å². The van der Waals surface area contributed by atoms with Crippen LogP contribution in [0.4, 0.5) is 18.9 Å². The number of halogens is 3. The summed E-state index contributed by atoms with van der Waals surface area (Å²) in [6, 6.07) is 20.7. The van der Waals surface area contributed by atoms with Crippen molar-refractivity contribution < 1.29 is 27.4 Å². The molecule has 1 atom stereocenters. The summed E-state index contributed by atoms with van der Waals surface area (Å²) < 4.78 is 49.2. The van der Waals surface area contributed by atoms with Crippen LogP contribution in [0.1, 0.15) is 22.3 Å². The van der Waals surface area contributed by atoms with Crippen LogP contribution in [0, 0.1) is 11.3 Å². The first-order valence-corrected chi connectivity index (χ1v) is 12.9. The Labute approximate surface area is 229 Å². The first-order valence-electron chi connectivity index (χ1n) is 12.9. The fraction of sp³-hybridized carbons (Fsp3) is 0.267. The normalized spacial score (nSPS) is 14.5. The largest absolute Gasteiger partial charge is 0.573 e. The van der Waals surface area contributed by atoms with Crippen LogP contribution in [0.15, 0.2) is 72.9 Å². The third kappa shape index (κ3) is 6.38. The number of alkyl halides is 3. The minimum atomic E-state index is -4.98. The van der Waals surface area contributed by atoms with Gasteiger partial charge >= 0.3 is 6.36 Å². The van der Waals surface area contributed by atoms with E-state index in [1.165, 1.54) is 12.1 Å². The number of nitrogens with zero attached hydrogens (tertiary/aromatic N) is 2. The monoisotopic (exact) mass is 548 g/mol. The molecule has 2 heterocycles. The third-order valence-corrected chi connectivity index (χ3v) is 6.84. The van der Waals surface area contributed by atoms with E-state index in [-0.39, 0.29) is 12.0 Å². The Balaban J connectivity index is 1.41. The van der Waals surface area contributed by atoms with Gasteiger partial charge in [-0.15, -0.1) is 13.2 Å². The van der Waals surface area contributed by atoms with Crippen molar-refractivity contribution in [2.75, 3.05) is 31.2 Å². The number of hydrogen-bond acceptors (Lipinski definition) is 5. The molecule has 3 aromatic carbocycles. The molecule has 0 radical (unpaired) electrons. The van der Waals surface area contributed by atoms with Gasteiger partial charge in [0.2, 0.25) is 0 Å². The van der Waals surface area contributed by atoms with Gasteiger partial charge < -0.3 is 24.7 Å². The van der Waals surface area contributed by atoms with Gasteiger partial charge in [0.05, 0.1) is 31.3 Å². The van der Waals surface area contributed by atoms with Crippen LogP contribution in [0.2, 0.25) is 0 Å². The highest BCUT2D eigenvalue weighted by Crippen LogP contribution is 2.32. The molecular weight excluding hydrogens is 521 g/mol. The predicted molar refractivity (Wildman–Crippen MR) is 145 cm³/mol. The molecule has 1 unspecified atom stereocenters. The summed E-state index contributed by atoms with van der Waals surface area (Å²) in [5.74, 6) is -1.37. The molecule has 10 heteroatoms. The highest BCUT2D eigenvalue weighted by molar-refractivity contribution is 5.98. The average Bonchev–Trinajstić information content (AvgIpc) is 3.36. The van der Waals surface area contributed by atoms with Crippen molar-refractivity contribution in [3.8, 4) is 22.9 Å². The molecule has 1 aromatic heterocycles. The van der Waals surface area contributed by atoms with Crippen molar-refractivity contribution in [2.24, 2.45) is 0 Å². The smallest absolute Gasteiger partial charge is 0.405 e. The Bertz CT molecular complexity index is 1520. The summed E-state index contributed by atoms with van der Waals surface area (Å²) in [5.41, 5.74) is 3.83. The molecule has 7 nitrogen and oxygen atoms in total. The lowest BCUT2D eigenvalue weighted by molar-refractivity contribution is -0.274. The number of carbonyl (C=O) groups excluding carboxylic acids is 1. The number of anilines is 1. The lowest BCUT2D eigenvalue weighted by Crippen LogP contribution is -2.36. The molecule has 1 fully saturated rings. The Kier molecular flexibility index (Phi) is 7.94. The molecule has 0 bridgehead atoms. The van der Waals surface area contributed by atoms with E-state index in [0.717, 1.165) is 46.9 Å². The number of fused-ring (bicyclic) bond motifs is 1. The Morgan fingerprint density at radius 3 is 2.52 bits per heavy atom. The molecule has 206 valence electrons. The SMILES string of the molecule is N#CCC(Cc1c[nH]c2ccccc12)NC(=O)c1cc(-c2ccc(N3CCOCC3)cc2)ccc1OC(F)(F)F. The quantitative estimate of drug-likeness (QED) is 0.289. The molecule has 1 saturated heterocycles. The fourth-order valence-corrected chi connectivity index (χ4v) is 4.90. The maximum absolute atomic E-state index is 13.4. The number of aromatic amines is 1. The Morgan fingerprint density at radius 1 is 1.07 bits per heavy atom. The lowest BCUT2D eigenvalue weighted by Gasteiger charge is -2.29. The van der Waals surface area contributed by atoms with Gasteiger partial charge in [0.15, 0.2) is 0 Å². The second kappa shape index (κ2) is 11.7. The van der Waals surface area contributed by atoms with E-state index in [4.69, 9.17) is 4.74 Å². The van der Waals surface area contributed by atoms with E-state index >= 15 is 0 Å². The third-order valence-electron chi connectivity index (χ3n) is 6.84. The van der Waals surface area contributed by atoms with E-state index in [2.05, 4.69) is 26.0 Å². The molecular formula is C30H27F3N4O3. The number of amides is 1. The van der Waals surface area contributed by atoms with Crippen LogP contribution < -0.4 is 15.0 Å². The van der Waals surface area contributed by atoms with Crippen LogP contribution in [-0.2, 0) is 11.2 Å². The molecule has 0 saturated carbocycles. The molecule has 0 spiro atoms. The van der Waals surface area contributed by atoms with Gasteiger partial charge in [-0.1, -0.05) is 36.4 Å². The van der Waals surface area contributed by atoms with Crippen LogP contribution in [0.3, 0.4) is 0 Å². The maximum atomic E-state index is 13.4. The summed E-state index contributed by atoms with van der Waals surface area (Å²) in [4.78, 5) is 18.7. The van der Waals surface area contributed by atoms with Crippen molar-refractivity contribution in [3.63, 3.8) is 0 Å². The highest BCUT2D eigenvalue weighted by Gasteiger charge is 2.33. The summed E-state index contributed by atoms with van der Waals surface area (Å²) >= 11 is 0. The number of hydrogen-bond donors (Lipinski definition) is 2. The minimum absolute atomic E-state index is 0.0244. The molecule has 5 rings (SSSR count). The van der Waals surface area contributed by atoms with Gasteiger partial charge in [-0.05, 0) is 53.4 Å². The predicted octanol–water partition coefficient (Wildman–Crippen LogP) is 5.82. The van der Waals surface area contributed by atoms with E-state index in [0.29, 0.717) is 25.2 Å². The van der Waals surface area contributed by atoms with Gasteiger partial charge in [0, 0.05) is 41.9 Å². The Hall–Kier alpha value is -4.49. The fourth-order valence-electron chi connectivity index (χ4n) is 4.90. The number of aromatic nitrogens is 1. The van der Waals surface area contributed by atoms with Crippen molar-refractivity contribution >= 4 is 22.5 Å². The standard InChI is InChI=1S/C30H27F3N4O3/c31-30(32,33)40-28-10-7-21(20-5-8-24(9-6-20)37-13-15-39-16-14-37)18-26(28)29(38)36-23(11-12-34)17-22-19-35-27-4-2-1-3-25(22)27/h1-10,18-19,23,35H,11,13-17H2,(H,36,38). The highest BCUT2D eigenvalue weighted by atomic mass is 19.4. The summed E-state index contributed by atoms with van der Waals surface area (Å²) in [6.07, 6.45) is -2.88. The summed E-state index contributed by atoms with van der Waals surface area (Å²) in [7, 11) is 0. The van der Waals surface area contributed by atoms with Gasteiger partial charge in [0.25, 0.3) is 5.91 Å². The number of nitriles is 1. The van der Waals surface area contributed by atoms with E-state index in [1.807, 2.05) is 48.5 Å². The maximum Gasteiger partial charge on any atom is 0.573 e. The number of H-pyrrole nitrogens is 1. The van der Waals surface area contributed by atoms with Gasteiger partial charge in [0.1, 0.15) is 5.75 Å². The second-order valence-corrected chi connectivity index (χ2v) is 9.50. The number of morpholine rings is 1. The van der Waals surface area contributed by atoms with E-state index in [9.17, 15) is 23.2 Å². The molecule has 2 N–H and O–H groups in total. The minimum Gasteiger partial charge on any atom is -0.405 e. The number of benzene rings is 3. The second-order valence-electron chi connectivity index (χ2n) is 9.50. The van der Waals surface area contributed by atoms with Crippen molar-refractivity contribution in [1.82, 2.24) is 10.3 Å². The number of para-hydroxylation sites is 1.